The number of rotatable bonds is 10. The van der Waals surface area contributed by atoms with Gasteiger partial charge in [0.05, 0.1) is 26.8 Å². The molecule has 0 saturated carbocycles. The summed E-state index contributed by atoms with van der Waals surface area (Å²) in [7, 11) is 4.99. The van der Waals surface area contributed by atoms with Crippen LogP contribution < -0.4 is 14.8 Å². The van der Waals surface area contributed by atoms with Crippen LogP contribution in [0, 0.1) is 0 Å². The van der Waals surface area contributed by atoms with Crippen LogP contribution in [0.3, 0.4) is 0 Å². The van der Waals surface area contributed by atoms with E-state index in [1.165, 1.54) is 0 Å². The van der Waals surface area contributed by atoms with Gasteiger partial charge in [-0.2, -0.15) is 0 Å². The number of carbonyl (C=O) groups is 1. The monoisotopic (exact) mass is 332 g/mol. The van der Waals surface area contributed by atoms with E-state index in [0.717, 1.165) is 0 Å². The second-order valence-electron chi connectivity index (χ2n) is 4.48. The molecule has 0 atom stereocenters. The van der Waals surface area contributed by atoms with Gasteiger partial charge in [-0.05, 0) is 12.1 Å². The predicted octanol–water partition coefficient (Wildman–Crippen LogP) is 1.19. The van der Waals surface area contributed by atoms with Crippen LogP contribution >= 0.6 is 12.4 Å². The van der Waals surface area contributed by atoms with E-state index in [9.17, 15) is 4.79 Å². The number of carbonyl (C=O) groups excluding carboxylic acids is 1. The lowest BCUT2D eigenvalue weighted by Crippen LogP contribution is -2.38. The minimum atomic E-state index is 0. The first-order valence-electron chi connectivity index (χ1n) is 6.88. The lowest BCUT2D eigenvalue weighted by molar-refractivity contribution is -0.129. The Kier molecular flexibility index (Phi) is 11.3. The van der Waals surface area contributed by atoms with Gasteiger partial charge in [0, 0.05) is 20.7 Å². The maximum absolute atomic E-state index is 11.8. The average Bonchev–Trinajstić information content (AvgIpc) is 2.51. The smallest absolute Gasteiger partial charge is 0.236 e. The highest BCUT2D eigenvalue weighted by molar-refractivity contribution is 5.85. The molecule has 0 saturated heterocycles. The van der Waals surface area contributed by atoms with Gasteiger partial charge in [0.2, 0.25) is 5.91 Å². The molecule has 0 heterocycles. The molecule has 0 fully saturated rings. The molecule has 1 amide bonds. The van der Waals surface area contributed by atoms with E-state index in [-0.39, 0.29) is 18.3 Å². The number of para-hydroxylation sites is 2. The molecule has 6 nitrogen and oxygen atoms in total. The number of halogens is 1. The SMILES string of the molecule is COCCNCC(=O)N(C)CCOc1ccccc1OC.Cl. The Labute approximate surface area is 138 Å². The number of methoxy groups -OCH3 is 2. The van der Waals surface area contributed by atoms with Crippen molar-refractivity contribution >= 4 is 18.3 Å². The standard InChI is InChI=1S/C15H24N2O4.ClH/c1-17(15(18)12-16-8-10-19-2)9-11-21-14-7-5-4-6-13(14)20-3;/h4-7,16H,8-12H2,1-3H3;1H. The van der Waals surface area contributed by atoms with Gasteiger partial charge in [0.1, 0.15) is 6.61 Å². The second kappa shape index (κ2) is 12.1. The van der Waals surface area contributed by atoms with Gasteiger partial charge >= 0.3 is 0 Å². The minimum Gasteiger partial charge on any atom is -0.493 e. The average molecular weight is 333 g/mol. The van der Waals surface area contributed by atoms with Crippen molar-refractivity contribution in [1.82, 2.24) is 10.2 Å². The summed E-state index contributed by atoms with van der Waals surface area (Å²) in [5, 5.41) is 3.02. The van der Waals surface area contributed by atoms with Crippen LogP contribution in [0.1, 0.15) is 0 Å². The van der Waals surface area contributed by atoms with Crippen LogP contribution in [0.5, 0.6) is 11.5 Å². The Hall–Kier alpha value is -1.50. The molecule has 0 aliphatic heterocycles. The molecule has 0 unspecified atom stereocenters. The normalized spacial score (nSPS) is 9.77. The number of amides is 1. The number of hydrogen-bond acceptors (Lipinski definition) is 5. The highest BCUT2D eigenvalue weighted by Crippen LogP contribution is 2.25. The van der Waals surface area contributed by atoms with Gasteiger partial charge in [-0.15, -0.1) is 12.4 Å². The highest BCUT2D eigenvalue weighted by atomic mass is 35.5. The number of hydrogen-bond donors (Lipinski definition) is 1. The summed E-state index contributed by atoms with van der Waals surface area (Å²) in [6.45, 7) is 2.49. The Morgan fingerprint density at radius 1 is 1.18 bits per heavy atom. The summed E-state index contributed by atoms with van der Waals surface area (Å²) < 4.78 is 15.7. The lowest BCUT2D eigenvalue weighted by atomic mass is 10.3. The third kappa shape index (κ3) is 7.49. The number of likely N-dealkylation sites (N-methyl/N-ethyl adjacent to an activating group) is 1. The van der Waals surface area contributed by atoms with Crippen LogP contribution in [-0.4, -0.2) is 64.9 Å². The first kappa shape index (κ1) is 20.5. The fourth-order valence-corrected chi connectivity index (χ4v) is 1.66. The number of benzene rings is 1. The maximum Gasteiger partial charge on any atom is 0.236 e. The molecule has 7 heteroatoms. The summed E-state index contributed by atoms with van der Waals surface area (Å²) in [4.78, 5) is 13.4. The summed E-state index contributed by atoms with van der Waals surface area (Å²) in [5.41, 5.74) is 0. The van der Waals surface area contributed by atoms with E-state index in [4.69, 9.17) is 14.2 Å². The Morgan fingerprint density at radius 3 is 2.50 bits per heavy atom. The van der Waals surface area contributed by atoms with Crippen LogP contribution in [-0.2, 0) is 9.53 Å². The molecule has 1 aromatic rings. The van der Waals surface area contributed by atoms with Gasteiger partial charge in [0.25, 0.3) is 0 Å². The van der Waals surface area contributed by atoms with Crippen molar-refractivity contribution in [3.8, 4) is 11.5 Å². The first-order chi connectivity index (χ1) is 10.2. The van der Waals surface area contributed by atoms with Crippen molar-refractivity contribution < 1.29 is 19.0 Å². The van der Waals surface area contributed by atoms with Gasteiger partial charge < -0.3 is 24.4 Å². The Morgan fingerprint density at radius 2 is 1.86 bits per heavy atom. The van der Waals surface area contributed by atoms with Crippen molar-refractivity contribution in [3.63, 3.8) is 0 Å². The number of ether oxygens (including phenoxy) is 3. The van der Waals surface area contributed by atoms with Gasteiger partial charge in [-0.3, -0.25) is 4.79 Å². The van der Waals surface area contributed by atoms with Crippen LogP contribution in [0.4, 0.5) is 0 Å². The topological polar surface area (TPSA) is 60.0 Å². The zero-order valence-corrected chi connectivity index (χ0v) is 14.1. The highest BCUT2D eigenvalue weighted by Gasteiger charge is 2.09. The molecule has 0 aliphatic carbocycles. The van der Waals surface area contributed by atoms with Crippen molar-refractivity contribution in [3.05, 3.63) is 24.3 Å². The predicted molar refractivity (Wildman–Crippen MR) is 88.1 cm³/mol. The van der Waals surface area contributed by atoms with Crippen molar-refractivity contribution in [2.75, 3.05) is 54.1 Å². The molecule has 0 aromatic heterocycles. The molecule has 0 aliphatic rings. The zero-order valence-electron chi connectivity index (χ0n) is 13.3. The molecule has 126 valence electrons. The summed E-state index contributed by atoms with van der Waals surface area (Å²) in [5.74, 6) is 1.39. The maximum atomic E-state index is 11.8. The molecule has 1 N–H and O–H groups in total. The molecular weight excluding hydrogens is 308 g/mol. The van der Waals surface area contributed by atoms with Crippen molar-refractivity contribution in [2.45, 2.75) is 0 Å². The zero-order chi connectivity index (χ0) is 15.5. The van der Waals surface area contributed by atoms with Crippen LogP contribution in [0.25, 0.3) is 0 Å². The van der Waals surface area contributed by atoms with E-state index in [2.05, 4.69) is 5.32 Å². The van der Waals surface area contributed by atoms with Crippen molar-refractivity contribution in [2.24, 2.45) is 0 Å². The molecule has 0 radical (unpaired) electrons. The Bertz CT molecular complexity index is 432. The summed E-state index contributed by atoms with van der Waals surface area (Å²) in [6, 6.07) is 7.44. The van der Waals surface area contributed by atoms with Gasteiger partial charge in [-0.1, -0.05) is 12.1 Å². The molecule has 1 rings (SSSR count). The third-order valence-electron chi connectivity index (χ3n) is 2.94. The second-order valence-corrected chi connectivity index (χ2v) is 4.48. The number of nitrogens with zero attached hydrogens (tertiary/aromatic N) is 1. The van der Waals surface area contributed by atoms with E-state index in [0.29, 0.717) is 44.3 Å². The van der Waals surface area contributed by atoms with Crippen LogP contribution in [0.2, 0.25) is 0 Å². The minimum absolute atomic E-state index is 0. The largest absolute Gasteiger partial charge is 0.493 e. The molecule has 0 spiro atoms. The Balaban J connectivity index is 0.00000441. The lowest BCUT2D eigenvalue weighted by Gasteiger charge is -2.18. The molecule has 22 heavy (non-hydrogen) atoms. The van der Waals surface area contributed by atoms with E-state index in [1.54, 1.807) is 26.2 Å². The van der Waals surface area contributed by atoms with E-state index >= 15 is 0 Å². The van der Waals surface area contributed by atoms with E-state index < -0.39 is 0 Å². The molecule has 1 aromatic carbocycles. The molecular formula is C15H25ClN2O4. The molecule has 0 bridgehead atoms. The first-order valence-corrected chi connectivity index (χ1v) is 6.88. The quantitative estimate of drug-likeness (QED) is 0.652. The van der Waals surface area contributed by atoms with E-state index in [1.807, 2.05) is 24.3 Å². The fraction of sp³-hybridized carbons (Fsp3) is 0.533. The number of nitrogens with one attached hydrogen (secondary N) is 1. The summed E-state index contributed by atoms with van der Waals surface area (Å²) in [6.07, 6.45) is 0. The fourth-order valence-electron chi connectivity index (χ4n) is 1.66. The van der Waals surface area contributed by atoms with Crippen molar-refractivity contribution in [1.29, 1.82) is 0 Å². The van der Waals surface area contributed by atoms with Gasteiger partial charge in [-0.25, -0.2) is 0 Å². The third-order valence-corrected chi connectivity index (χ3v) is 2.94. The van der Waals surface area contributed by atoms with Gasteiger partial charge in [0.15, 0.2) is 11.5 Å². The summed E-state index contributed by atoms with van der Waals surface area (Å²) >= 11 is 0. The van der Waals surface area contributed by atoms with Crippen LogP contribution in [0.15, 0.2) is 24.3 Å².